The second-order valence-corrected chi connectivity index (χ2v) is 6.39. The van der Waals surface area contributed by atoms with Crippen LogP contribution in [0, 0.1) is 0 Å². The first-order chi connectivity index (χ1) is 9.94. The van der Waals surface area contributed by atoms with Crippen molar-refractivity contribution in [1.29, 1.82) is 0 Å². The van der Waals surface area contributed by atoms with Crippen LogP contribution in [0.3, 0.4) is 0 Å². The van der Waals surface area contributed by atoms with E-state index in [0.29, 0.717) is 0 Å². The van der Waals surface area contributed by atoms with Gasteiger partial charge in [-0.2, -0.15) is 16.8 Å². The molecular formula is C9H16O11S2. The quantitative estimate of drug-likeness (QED) is 0.362. The van der Waals surface area contributed by atoms with Gasteiger partial charge in [-0.05, 0) is 6.92 Å². The maximum atomic E-state index is 10.9. The van der Waals surface area contributed by atoms with Gasteiger partial charge in [0.25, 0.3) is 0 Å². The zero-order valence-electron chi connectivity index (χ0n) is 11.3. The van der Waals surface area contributed by atoms with Crippen LogP contribution in [-0.4, -0.2) is 68.4 Å². The molecule has 11 nitrogen and oxygen atoms in total. The number of aliphatic hydroxyl groups is 1. The van der Waals surface area contributed by atoms with Gasteiger partial charge in [-0.3, -0.25) is 9.11 Å². The van der Waals surface area contributed by atoms with Gasteiger partial charge in [0.2, 0.25) is 0 Å². The summed E-state index contributed by atoms with van der Waals surface area (Å²) in [5.41, 5.74) is 0. The van der Waals surface area contributed by atoms with E-state index in [-0.39, 0.29) is 6.61 Å². The SMILES string of the molecule is C=CCOC1C(C)OC(O)C(OS(=O)(=O)O)C1OS(=O)(=O)O. The predicted octanol–water partition coefficient (Wildman–Crippen LogP) is -1.33. The Morgan fingerprint density at radius 1 is 1.09 bits per heavy atom. The monoisotopic (exact) mass is 364 g/mol. The van der Waals surface area contributed by atoms with Crippen molar-refractivity contribution in [3.8, 4) is 0 Å². The highest BCUT2D eigenvalue weighted by atomic mass is 32.3. The molecule has 0 spiro atoms. The third-order valence-corrected chi connectivity index (χ3v) is 3.55. The molecule has 1 heterocycles. The fourth-order valence-electron chi connectivity index (χ4n) is 1.89. The van der Waals surface area contributed by atoms with E-state index in [0.717, 1.165) is 0 Å². The molecule has 1 fully saturated rings. The molecule has 0 bridgehead atoms. The Morgan fingerprint density at radius 2 is 1.59 bits per heavy atom. The van der Waals surface area contributed by atoms with Gasteiger partial charge in [0.1, 0.15) is 12.2 Å². The third-order valence-electron chi connectivity index (χ3n) is 2.62. The van der Waals surface area contributed by atoms with Crippen molar-refractivity contribution in [2.24, 2.45) is 0 Å². The molecule has 1 aliphatic heterocycles. The lowest BCUT2D eigenvalue weighted by molar-refractivity contribution is -0.273. The highest BCUT2D eigenvalue weighted by Gasteiger charge is 2.49. The Hall–Kier alpha value is -0.640. The van der Waals surface area contributed by atoms with Crippen molar-refractivity contribution >= 4 is 20.8 Å². The minimum Gasteiger partial charge on any atom is -0.369 e. The van der Waals surface area contributed by atoms with Crippen LogP contribution >= 0.6 is 0 Å². The molecule has 0 aromatic rings. The number of ether oxygens (including phenoxy) is 2. The molecule has 0 aromatic carbocycles. The Morgan fingerprint density at radius 3 is 2.05 bits per heavy atom. The van der Waals surface area contributed by atoms with E-state index >= 15 is 0 Å². The predicted molar refractivity (Wildman–Crippen MR) is 69.3 cm³/mol. The minimum atomic E-state index is -5.08. The van der Waals surface area contributed by atoms with Crippen LogP contribution in [0.1, 0.15) is 6.92 Å². The van der Waals surface area contributed by atoms with Crippen LogP contribution in [0.2, 0.25) is 0 Å². The molecule has 0 aromatic heterocycles. The molecule has 0 amide bonds. The van der Waals surface area contributed by atoms with Crippen LogP contribution in [-0.2, 0) is 38.6 Å². The van der Waals surface area contributed by atoms with Gasteiger partial charge in [0, 0.05) is 0 Å². The van der Waals surface area contributed by atoms with Crippen LogP contribution in [0.4, 0.5) is 0 Å². The summed E-state index contributed by atoms with van der Waals surface area (Å²) in [7, 11) is -10.1. The first-order valence-corrected chi connectivity index (χ1v) is 8.55. The molecule has 1 saturated heterocycles. The van der Waals surface area contributed by atoms with Crippen molar-refractivity contribution in [2.75, 3.05) is 6.61 Å². The van der Waals surface area contributed by atoms with Crippen LogP contribution in [0.25, 0.3) is 0 Å². The zero-order valence-corrected chi connectivity index (χ0v) is 12.9. The van der Waals surface area contributed by atoms with E-state index in [1.165, 1.54) is 13.0 Å². The fraction of sp³-hybridized carbons (Fsp3) is 0.778. The molecule has 5 unspecified atom stereocenters. The maximum Gasteiger partial charge on any atom is 0.397 e. The first kappa shape index (κ1) is 19.4. The number of aliphatic hydroxyl groups excluding tert-OH is 1. The van der Waals surface area contributed by atoms with E-state index < -0.39 is 51.5 Å². The Bertz CT molecular complexity index is 583. The first-order valence-electron chi connectivity index (χ1n) is 5.82. The fourth-order valence-corrected chi connectivity index (χ4v) is 2.88. The Balaban J connectivity index is 3.15. The number of hydrogen-bond donors (Lipinski definition) is 3. The van der Waals surface area contributed by atoms with Crippen LogP contribution in [0.5, 0.6) is 0 Å². The lowest BCUT2D eigenvalue weighted by Crippen LogP contribution is -2.60. The lowest BCUT2D eigenvalue weighted by atomic mass is 10.00. The van der Waals surface area contributed by atoms with Gasteiger partial charge >= 0.3 is 20.8 Å². The summed E-state index contributed by atoms with van der Waals surface area (Å²) in [4.78, 5) is 0. The van der Waals surface area contributed by atoms with Gasteiger partial charge in [0.15, 0.2) is 12.4 Å². The van der Waals surface area contributed by atoms with Crippen molar-refractivity contribution < 1.29 is 48.9 Å². The largest absolute Gasteiger partial charge is 0.397 e. The molecule has 1 rings (SSSR count). The van der Waals surface area contributed by atoms with Crippen LogP contribution < -0.4 is 0 Å². The summed E-state index contributed by atoms with van der Waals surface area (Å²) in [6, 6.07) is 0. The molecule has 1 aliphatic rings. The Kier molecular flexibility index (Phi) is 6.43. The summed E-state index contributed by atoms with van der Waals surface area (Å²) < 4.78 is 79.5. The zero-order chi connectivity index (χ0) is 17.1. The highest BCUT2D eigenvalue weighted by molar-refractivity contribution is 7.81. The van der Waals surface area contributed by atoms with Gasteiger partial charge in [0.05, 0.1) is 12.7 Å². The van der Waals surface area contributed by atoms with E-state index in [9.17, 15) is 21.9 Å². The smallest absolute Gasteiger partial charge is 0.369 e. The minimum absolute atomic E-state index is 0.0988. The number of rotatable bonds is 7. The second kappa shape index (κ2) is 7.29. The van der Waals surface area contributed by atoms with E-state index in [2.05, 4.69) is 14.9 Å². The normalized spacial score (nSPS) is 33.5. The van der Waals surface area contributed by atoms with Crippen molar-refractivity contribution in [3.05, 3.63) is 12.7 Å². The molecule has 0 saturated carbocycles. The topological polar surface area (TPSA) is 166 Å². The molecule has 0 aliphatic carbocycles. The number of hydrogen-bond acceptors (Lipinski definition) is 9. The summed E-state index contributed by atoms with van der Waals surface area (Å²) >= 11 is 0. The van der Waals surface area contributed by atoms with Crippen molar-refractivity contribution in [1.82, 2.24) is 0 Å². The summed E-state index contributed by atoms with van der Waals surface area (Å²) in [6.07, 6.45) is -6.68. The molecule has 0 radical (unpaired) electrons. The Labute approximate surface area is 127 Å². The standard InChI is InChI=1S/C9H16O11S2/c1-3-4-17-6-5(2)18-9(10)8(20-22(14,15)16)7(6)19-21(11,12)13/h3,5-10H,1,4H2,2H3,(H,11,12,13)(H,14,15,16). The summed E-state index contributed by atoms with van der Waals surface area (Å²) in [5, 5.41) is 9.66. The maximum absolute atomic E-state index is 10.9. The summed E-state index contributed by atoms with van der Waals surface area (Å²) in [6.45, 7) is 4.65. The molecular weight excluding hydrogens is 348 g/mol. The van der Waals surface area contributed by atoms with E-state index in [1.807, 2.05) is 0 Å². The average Bonchev–Trinajstić information content (AvgIpc) is 2.30. The van der Waals surface area contributed by atoms with E-state index in [1.54, 1.807) is 0 Å². The highest BCUT2D eigenvalue weighted by Crippen LogP contribution is 2.28. The molecule has 13 heteroatoms. The lowest BCUT2D eigenvalue weighted by Gasteiger charge is -2.41. The van der Waals surface area contributed by atoms with Crippen LogP contribution in [0.15, 0.2) is 12.7 Å². The van der Waals surface area contributed by atoms with Gasteiger partial charge < -0.3 is 14.6 Å². The van der Waals surface area contributed by atoms with Crippen molar-refractivity contribution in [3.63, 3.8) is 0 Å². The van der Waals surface area contributed by atoms with E-state index in [4.69, 9.17) is 18.6 Å². The third kappa shape index (κ3) is 5.86. The molecule has 3 N–H and O–H groups in total. The van der Waals surface area contributed by atoms with Gasteiger partial charge in [-0.1, -0.05) is 6.08 Å². The van der Waals surface area contributed by atoms with Gasteiger partial charge in [-0.15, -0.1) is 6.58 Å². The van der Waals surface area contributed by atoms with Crippen molar-refractivity contribution in [2.45, 2.75) is 37.6 Å². The summed E-state index contributed by atoms with van der Waals surface area (Å²) in [5.74, 6) is 0. The second-order valence-electron chi connectivity index (χ2n) is 4.30. The average molecular weight is 364 g/mol. The molecule has 5 atom stereocenters. The molecule has 22 heavy (non-hydrogen) atoms. The van der Waals surface area contributed by atoms with Gasteiger partial charge in [-0.25, -0.2) is 8.37 Å². The molecule has 130 valence electrons.